The molecular formula is C13H22N4. The van der Waals surface area contributed by atoms with Crippen LogP contribution in [0.15, 0.2) is 12.3 Å². The van der Waals surface area contributed by atoms with E-state index in [1.54, 1.807) is 0 Å². The topological polar surface area (TPSA) is 41.1 Å². The Morgan fingerprint density at radius 3 is 3.06 bits per heavy atom. The maximum atomic E-state index is 4.41. The molecule has 1 N–H and O–H groups in total. The largest absolute Gasteiger partial charge is 0.308 e. The van der Waals surface area contributed by atoms with E-state index in [1.807, 2.05) is 19.2 Å². The second-order valence-electron chi connectivity index (χ2n) is 5.03. The van der Waals surface area contributed by atoms with Crippen molar-refractivity contribution in [3.8, 4) is 0 Å². The Balaban J connectivity index is 1.82. The lowest BCUT2D eigenvalue weighted by molar-refractivity contribution is 0.168. The molecule has 2 unspecified atom stereocenters. The Morgan fingerprint density at radius 2 is 2.35 bits per heavy atom. The Hall–Kier alpha value is -1.00. The van der Waals surface area contributed by atoms with Gasteiger partial charge in [-0.2, -0.15) is 0 Å². The van der Waals surface area contributed by atoms with Crippen molar-refractivity contribution in [1.29, 1.82) is 0 Å². The highest BCUT2D eigenvalue weighted by atomic mass is 15.1. The van der Waals surface area contributed by atoms with Crippen LogP contribution in [0.4, 0.5) is 0 Å². The number of aromatic nitrogens is 2. The molecule has 0 aromatic carbocycles. The summed E-state index contributed by atoms with van der Waals surface area (Å²) in [7, 11) is 2.20. The number of aryl methyl sites for hydroxylation is 1. The van der Waals surface area contributed by atoms with Gasteiger partial charge in [0.15, 0.2) is 0 Å². The van der Waals surface area contributed by atoms with Crippen molar-refractivity contribution < 1.29 is 0 Å². The van der Waals surface area contributed by atoms with Gasteiger partial charge in [0.1, 0.15) is 5.82 Å². The molecule has 0 spiro atoms. The zero-order valence-electron chi connectivity index (χ0n) is 11.0. The molecule has 1 aromatic rings. The van der Waals surface area contributed by atoms with E-state index in [0.717, 1.165) is 18.1 Å². The van der Waals surface area contributed by atoms with Crippen molar-refractivity contribution in [2.24, 2.45) is 0 Å². The van der Waals surface area contributed by atoms with Gasteiger partial charge in [0.25, 0.3) is 0 Å². The van der Waals surface area contributed by atoms with Crippen LogP contribution in [0.5, 0.6) is 0 Å². The van der Waals surface area contributed by atoms with Crippen LogP contribution in [0.3, 0.4) is 0 Å². The maximum Gasteiger partial charge on any atom is 0.125 e. The summed E-state index contributed by atoms with van der Waals surface area (Å²) in [6.07, 6.45) is 4.28. The number of nitrogens with zero attached hydrogens (tertiary/aromatic N) is 3. The molecule has 0 radical (unpaired) electrons. The average molecular weight is 234 g/mol. The fourth-order valence-electron chi connectivity index (χ4n) is 2.33. The van der Waals surface area contributed by atoms with Crippen LogP contribution in [0.2, 0.25) is 0 Å². The standard InChI is InChI=1S/C13H22N4/c1-10-8-12(5-7-17(10)3)15-9-13-4-6-14-11(2)16-13/h4,6,10,12,15H,5,7-9H2,1-3H3. The molecule has 94 valence electrons. The number of nitrogens with one attached hydrogen (secondary N) is 1. The van der Waals surface area contributed by atoms with Crippen LogP contribution in [-0.2, 0) is 6.54 Å². The van der Waals surface area contributed by atoms with Gasteiger partial charge in [-0.15, -0.1) is 0 Å². The molecule has 1 aliphatic rings. The molecule has 2 rings (SSSR count). The number of rotatable bonds is 3. The zero-order chi connectivity index (χ0) is 12.3. The van der Waals surface area contributed by atoms with Crippen molar-refractivity contribution in [2.45, 2.75) is 45.3 Å². The van der Waals surface area contributed by atoms with Gasteiger partial charge >= 0.3 is 0 Å². The second kappa shape index (κ2) is 5.56. The van der Waals surface area contributed by atoms with E-state index in [-0.39, 0.29) is 0 Å². The van der Waals surface area contributed by atoms with Gasteiger partial charge in [0.05, 0.1) is 5.69 Å². The normalized spacial score (nSPS) is 26.1. The molecule has 2 heterocycles. The van der Waals surface area contributed by atoms with Gasteiger partial charge in [0.2, 0.25) is 0 Å². The van der Waals surface area contributed by atoms with Crippen molar-refractivity contribution in [3.63, 3.8) is 0 Å². The fourth-order valence-corrected chi connectivity index (χ4v) is 2.33. The van der Waals surface area contributed by atoms with Gasteiger partial charge in [0, 0.05) is 24.8 Å². The van der Waals surface area contributed by atoms with Gasteiger partial charge < -0.3 is 10.2 Å². The highest BCUT2D eigenvalue weighted by Crippen LogP contribution is 2.15. The molecule has 17 heavy (non-hydrogen) atoms. The summed E-state index contributed by atoms with van der Waals surface area (Å²) in [5.74, 6) is 0.848. The molecule has 0 aliphatic carbocycles. The Bertz CT molecular complexity index is 366. The van der Waals surface area contributed by atoms with Crippen molar-refractivity contribution in [1.82, 2.24) is 20.2 Å². The lowest BCUT2D eigenvalue weighted by atomic mass is 9.99. The Morgan fingerprint density at radius 1 is 1.53 bits per heavy atom. The van der Waals surface area contributed by atoms with Crippen LogP contribution in [-0.4, -0.2) is 40.5 Å². The van der Waals surface area contributed by atoms with E-state index in [9.17, 15) is 0 Å². The summed E-state index contributed by atoms with van der Waals surface area (Å²) >= 11 is 0. The molecule has 1 fully saturated rings. The summed E-state index contributed by atoms with van der Waals surface area (Å²) in [6.45, 7) is 6.26. The summed E-state index contributed by atoms with van der Waals surface area (Å²) in [4.78, 5) is 10.9. The van der Waals surface area contributed by atoms with Crippen molar-refractivity contribution in [3.05, 3.63) is 23.8 Å². The summed E-state index contributed by atoms with van der Waals surface area (Å²) < 4.78 is 0. The first-order valence-electron chi connectivity index (χ1n) is 6.37. The molecule has 1 aliphatic heterocycles. The monoisotopic (exact) mass is 234 g/mol. The highest BCUT2D eigenvalue weighted by molar-refractivity contribution is 5.01. The van der Waals surface area contributed by atoms with Crippen molar-refractivity contribution >= 4 is 0 Å². The third-order valence-electron chi connectivity index (χ3n) is 3.61. The number of likely N-dealkylation sites (tertiary alicyclic amines) is 1. The predicted molar refractivity (Wildman–Crippen MR) is 68.7 cm³/mol. The summed E-state index contributed by atoms with van der Waals surface area (Å²) in [5.41, 5.74) is 1.09. The van der Waals surface area contributed by atoms with Crippen molar-refractivity contribution in [2.75, 3.05) is 13.6 Å². The quantitative estimate of drug-likeness (QED) is 0.857. The van der Waals surface area contributed by atoms with E-state index in [4.69, 9.17) is 0 Å². The lowest BCUT2D eigenvalue weighted by Gasteiger charge is -2.35. The SMILES string of the molecule is Cc1nccc(CNC2CCN(C)C(C)C2)n1. The minimum absolute atomic E-state index is 0.622. The van der Waals surface area contributed by atoms with Crippen LogP contribution in [0.1, 0.15) is 31.3 Å². The summed E-state index contributed by atoms with van der Waals surface area (Å²) in [5, 5.41) is 3.60. The van der Waals surface area contributed by atoms with Crippen LogP contribution in [0.25, 0.3) is 0 Å². The van der Waals surface area contributed by atoms with Crippen LogP contribution >= 0.6 is 0 Å². The Labute approximate surface area is 103 Å². The fraction of sp³-hybridized carbons (Fsp3) is 0.692. The number of piperidine rings is 1. The molecule has 1 saturated heterocycles. The molecule has 0 saturated carbocycles. The van der Waals surface area contributed by atoms with Gasteiger partial charge in [-0.1, -0.05) is 0 Å². The number of hydrogen-bond donors (Lipinski definition) is 1. The molecule has 4 nitrogen and oxygen atoms in total. The van der Waals surface area contributed by atoms with E-state index < -0.39 is 0 Å². The third kappa shape index (κ3) is 3.48. The van der Waals surface area contributed by atoms with Crippen LogP contribution < -0.4 is 5.32 Å². The first-order chi connectivity index (χ1) is 8.15. The molecule has 0 bridgehead atoms. The lowest BCUT2D eigenvalue weighted by Crippen LogP contribution is -2.45. The van der Waals surface area contributed by atoms with Gasteiger partial charge in [-0.3, -0.25) is 0 Å². The molecule has 0 amide bonds. The van der Waals surface area contributed by atoms with Gasteiger partial charge in [-0.25, -0.2) is 9.97 Å². The minimum atomic E-state index is 0.622. The van der Waals surface area contributed by atoms with E-state index >= 15 is 0 Å². The third-order valence-corrected chi connectivity index (χ3v) is 3.61. The van der Waals surface area contributed by atoms with E-state index in [1.165, 1.54) is 19.4 Å². The average Bonchev–Trinajstić information content (AvgIpc) is 2.31. The second-order valence-corrected chi connectivity index (χ2v) is 5.03. The van der Waals surface area contributed by atoms with E-state index in [0.29, 0.717) is 12.1 Å². The van der Waals surface area contributed by atoms with Crippen LogP contribution in [0, 0.1) is 6.92 Å². The molecule has 4 heteroatoms. The zero-order valence-corrected chi connectivity index (χ0v) is 11.0. The first kappa shape index (κ1) is 12.5. The van der Waals surface area contributed by atoms with E-state index in [2.05, 4.69) is 34.2 Å². The Kier molecular flexibility index (Phi) is 4.07. The molecule has 2 atom stereocenters. The van der Waals surface area contributed by atoms with Gasteiger partial charge in [-0.05, 0) is 46.3 Å². The first-order valence-corrected chi connectivity index (χ1v) is 6.37. The predicted octanol–water partition coefficient (Wildman–Crippen LogP) is 1.36. The molecule has 1 aromatic heterocycles. The summed E-state index contributed by atoms with van der Waals surface area (Å²) in [6, 6.07) is 3.28. The smallest absolute Gasteiger partial charge is 0.125 e. The maximum absolute atomic E-state index is 4.41. The highest BCUT2D eigenvalue weighted by Gasteiger charge is 2.22. The minimum Gasteiger partial charge on any atom is -0.308 e. The number of hydrogen-bond acceptors (Lipinski definition) is 4. The molecular weight excluding hydrogens is 212 g/mol.